The highest BCUT2D eigenvalue weighted by Crippen LogP contribution is 2.38. The summed E-state index contributed by atoms with van der Waals surface area (Å²) in [5, 5.41) is 0.530. The lowest BCUT2D eigenvalue weighted by Crippen LogP contribution is -2.26. The van der Waals surface area contributed by atoms with E-state index < -0.39 is 0 Å². The first-order valence-electron chi connectivity index (χ1n) is 10.6. The zero-order valence-electron chi connectivity index (χ0n) is 18.3. The number of nitrogens with two attached hydrogens (primary N) is 1. The lowest BCUT2D eigenvalue weighted by Gasteiger charge is -2.17. The van der Waals surface area contributed by atoms with Crippen molar-refractivity contribution in [3.8, 4) is 22.8 Å². The van der Waals surface area contributed by atoms with Crippen LogP contribution in [0.25, 0.3) is 16.9 Å². The van der Waals surface area contributed by atoms with Gasteiger partial charge in [-0.1, -0.05) is 11.6 Å². The first-order chi connectivity index (χ1) is 14.9. The lowest BCUT2D eigenvalue weighted by atomic mass is 10.1. The molecule has 2 aromatic heterocycles. The molecule has 1 unspecified atom stereocenters. The SMILES string of the molecule is COc1cc(OCCCN(C)C)c(-c2cn3ccc(N4CCC(N)C4)cc3n2)cc1Cl. The summed E-state index contributed by atoms with van der Waals surface area (Å²) in [6.07, 6.45) is 5.97. The molecule has 1 saturated heterocycles. The molecule has 31 heavy (non-hydrogen) atoms. The highest BCUT2D eigenvalue weighted by Gasteiger charge is 2.20. The second kappa shape index (κ2) is 9.34. The second-order valence-corrected chi connectivity index (χ2v) is 8.67. The maximum Gasteiger partial charge on any atom is 0.141 e. The van der Waals surface area contributed by atoms with Crippen LogP contribution in [-0.2, 0) is 0 Å². The van der Waals surface area contributed by atoms with Crippen LogP contribution in [-0.4, -0.2) is 67.8 Å². The van der Waals surface area contributed by atoms with Gasteiger partial charge in [-0.15, -0.1) is 0 Å². The van der Waals surface area contributed by atoms with Crippen molar-refractivity contribution in [3.63, 3.8) is 0 Å². The van der Waals surface area contributed by atoms with Crippen molar-refractivity contribution >= 4 is 22.9 Å². The van der Waals surface area contributed by atoms with Crippen LogP contribution in [0.1, 0.15) is 12.8 Å². The van der Waals surface area contributed by atoms with Gasteiger partial charge in [0.15, 0.2) is 0 Å². The summed E-state index contributed by atoms with van der Waals surface area (Å²) in [5.74, 6) is 1.30. The van der Waals surface area contributed by atoms with E-state index in [-0.39, 0.29) is 6.04 Å². The molecule has 8 heteroatoms. The number of rotatable bonds is 8. The number of halogens is 1. The fourth-order valence-corrected chi connectivity index (χ4v) is 4.13. The van der Waals surface area contributed by atoms with Crippen LogP contribution in [0.15, 0.2) is 36.7 Å². The molecule has 1 aliphatic rings. The van der Waals surface area contributed by atoms with E-state index in [9.17, 15) is 0 Å². The number of benzene rings is 1. The molecule has 3 aromatic rings. The number of anilines is 1. The molecule has 4 rings (SSSR count). The summed E-state index contributed by atoms with van der Waals surface area (Å²) in [5.41, 5.74) is 9.75. The van der Waals surface area contributed by atoms with Crippen molar-refractivity contribution < 1.29 is 9.47 Å². The standard InChI is InChI=1S/C23H30ClN5O2/c1-27(2)7-4-10-31-21-13-22(30-3)19(24)12-18(21)20-15-29-9-6-17(11-23(29)26-20)28-8-5-16(25)14-28/h6,9,11-13,15-16H,4-5,7-8,10,14,25H2,1-3H3. The van der Waals surface area contributed by atoms with E-state index in [1.165, 1.54) is 0 Å². The number of pyridine rings is 1. The quantitative estimate of drug-likeness (QED) is 0.537. The van der Waals surface area contributed by atoms with Gasteiger partial charge in [-0.05, 0) is 39.1 Å². The summed E-state index contributed by atoms with van der Waals surface area (Å²) < 4.78 is 13.5. The Labute approximate surface area is 188 Å². The zero-order chi connectivity index (χ0) is 22.0. The third-order valence-electron chi connectivity index (χ3n) is 5.57. The highest BCUT2D eigenvalue weighted by atomic mass is 35.5. The molecule has 0 saturated carbocycles. The number of fused-ring (bicyclic) bond motifs is 1. The minimum atomic E-state index is 0.236. The lowest BCUT2D eigenvalue weighted by molar-refractivity contribution is 0.281. The van der Waals surface area contributed by atoms with E-state index in [1.807, 2.05) is 28.9 Å². The Balaban J connectivity index is 1.64. The molecule has 0 bridgehead atoms. The molecular formula is C23H30ClN5O2. The van der Waals surface area contributed by atoms with E-state index in [0.29, 0.717) is 23.1 Å². The van der Waals surface area contributed by atoms with Crippen molar-refractivity contribution in [1.82, 2.24) is 14.3 Å². The number of methoxy groups -OCH3 is 1. The first kappa shape index (κ1) is 21.7. The Morgan fingerprint density at radius 1 is 1.26 bits per heavy atom. The Kier molecular flexibility index (Phi) is 6.55. The zero-order valence-corrected chi connectivity index (χ0v) is 19.1. The van der Waals surface area contributed by atoms with Crippen molar-refractivity contribution in [3.05, 3.63) is 41.7 Å². The van der Waals surface area contributed by atoms with Gasteiger partial charge in [0.1, 0.15) is 17.1 Å². The number of imidazole rings is 1. The normalized spacial score (nSPS) is 16.5. The molecule has 0 radical (unpaired) electrons. The monoisotopic (exact) mass is 443 g/mol. The summed E-state index contributed by atoms with van der Waals surface area (Å²) in [7, 11) is 5.71. The average Bonchev–Trinajstić information content (AvgIpc) is 3.37. The first-order valence-corrected chi connectivity index (χ1v) is 11.0. The smallest absolute Gasteiger partial charge is 0.141 e. The number of ether oxygens (including phenoxy) is 2. The molecule has 0 amide bonds. The highest BCUT2D eigenvalue weighted by molar-refractivity contribution is 6.32. The molecular weight excluding hydrogens is 414 g/mol. The van der Waals surface area contributed by atoms with Gasteiger partial charge < -0.3 is 29.4 Å². The van der Waals surface area contributed by atoms with Crippen LogP contribution in [0.4, 0.5) is 5.69 Å². The molecule has 2 N–H and O–H groups in total. The minimum absolute atomic E-state index is 0.236. The molecule has 7 nitrogen and oxygen atoms in total. The maximum atomic E-state index is 6.44. The molecule has 0 aliphatic carbocycles. The van der Waals surface area contributed by atoms with E-state index in [0.717, 1.165) is 55.1 Å². The van der Waals surface area contributed by atoms with Crippen molar-refractivity contribution in [2.45, 2.75) is 18.9 Å². The molecule has 1 fully saturated rings. The van der Waals surface area contributed by atoms with Gasteiger partial charge in [-0.2, -0.15) is 0 Å². The van der Waals surface area contributed by atoms with E-state index in [4.69, 9.17) is 31.8 Å². The summed E-state index contributed by atoms with van der Waals surface area (Å²) >= 11 is 6.44. The predicted molar refractivity (Wildman–Crippen MR) is 126 cm³/mol. The van der Waals surface area contributed by atoms with Crippen LogP contribution in [0.2, 0.25) is 5.02 Å². The number of hydrogen-bond acceptors (Lipinski definition) is 6. The van der Waals surface area contributed by atoms with E-state index in [1.54, 1.807) is 7.11 Å². The Morgan fingerprint density at radius 3 is 2.81 bits per heavy atom. The number of hydrogen-bond donors (Lipinski definition) is 1. The third-order valence-corrected chi connectivity index (χ3v) is 5.87. The number of nitrogens with zero attached hydrogens (tertiary/aromatic N) is 4. The van der Waals surface area contributed by atoms with Crippen LogP contribution in [0.5, 0.6) is 11.5 Å². The Hall–Kier alpha value is -2.48. The summed E-state index contributed by atoms with van der Waals surface area (Å²) in [6, 6.07) is 8.15. The van der Waals surface area contributed by atoms with Gasteiger partial charge in [-0.25, -0.2) is 4.98 Å². The van der Waals surface area contributed by atoms with Crippen molar-refractivity contribution in [1.29, 1.82) is 0 Å². The molecule has 1 aromatic carbocycles. The Morgan fingerprint density at radius 2 is 2.10 bits per heavy atom. The maximum absolute atomic E-state index is 6.44. The number of aromatic nitrogens is 2. The Bertz CT molecular complexity index is 1050. The molecule has 1 atom stereocenters. The fourth-order valence-electron chi connectivity index (χ4n) is 3.89. The topological polar surface area (TPSA) is 68.3 Å². The van der Waals surface area contributed by atoms with Crippen LogP contribution >= 0.6 is 11.6 Å². The molecule has 0 spiro atoms. The fraction of sp³-hybridized carbons (Fsp3) is 0.435. The largest absolute Gasteiger partial charge is 0.495 e. The van der Waals surface area contributed by atoms with Crippen LogP contribution < -0.4 is 20.1 Å². The minimum Gasteiger partial charge on any atom is -0.495 e. The van der Waals surface area contributed by atoms with Crippen LogP contribution in [0, 0.1) is 0 Å². The van der Waals surface area contributed by atoms with Gasteiger partial charge in [0.05, 0.1) is 24.4 Å². The molecule has 1 aliphatic heterocycles. The summed E-state index contributed by atoms with van der Waals surface area (Å²) in [6.45, 7) is 3.41. The van der Waals surface area contributed by atoms with Gasteiger partial charge in [-0.3, -0.25) is 0 Å². The third kappa shape index (κ3) is 4.89. The second-order valence-electron chi connectivity index (χ2n) is 8.26. The van der Waals surface area contributed by atoms with Crippen molar-refractivity contribution in [2.75, 3.05) is 52.3 Å². The van der Waals surface area contributed by atoms with E-state index in [2.05, 4.69) is 36.0 Å². The van der Waals surface area contributed by atoms with Crippen molar-refractivity contribution in [2.24, 2.45) is 5.73 Å². The molecule has 3 heterocycles. The van der Waals surface area contributed by atoms with Gasteiger partial charge in [0.2, 0.25) is 0 Å². The molecule has 166 valence electrons. The average molecular weight is 444 g/mol. The van der Waals surface area contributed by atoms with Gasteiger partial charge in [0.25, 0.3) is 0 Å². The summed E-state index contributed by atoms with van der Waals surface area (Å²) in [4.78, 5) is 9.31. The van der Waals surface area contributed by atoms with Gasteiger partial charge in [0, 0.05) is 61.5 Å². The van der Waals surface area contributed by atoms with Crippen LogP contribution in [0.3, 0.4) is 0 Å². The van der Waals surface area contributed by atoms with E-state index >= 15 is 0 Å². The van der Waals surface area contributed by atoms with Gasteiger partial charge >= 0.3 is 0 Å². The predicted octanol–water partition coefficient (Wildman–Crippen LogP) is 3.53.